The summed E-state index contributed by atoms with van der Waals surface area (Å²) in [6.45, 7) is 0.416. The second-order valence-corrected chi connectivity index (χ2v) is 9.74. The van der Waals surface area contributed by atoms with Gasteiger partial charge in [-0.3, -0.25) is 33.8 Å². The number of carbonyl (C=O) groups excluding carboxylic acids is 5. The highest BCUT2D eigenvalue weighted by atomic mass is 32.1. The number of nitrogens with two attached hydrogens (primary N) is 5. The molecule has 0 aliphatic heterocycles. The standard InChI is InChI=1S/C23H42N10O9S/c24-6-2-1-4-13(22(41)42)31-19(38)12(5-3-7-29-23(27)28)30-21(40)15(10-43)33-20(39)14(9-17(35)36)32-18(37)11(25)8-16(26)34/h11-15,43H,1-10,24-25H2,(H2,26,34)(H,30,40)(H,31,38)(H,32,37)(H,33,39)(H,35,36)(H,41,42)(H4,27,28,29)/t11-,12-,13-,14-,15-/m0/s1. The van der Waals surface area contributed by atoms with E-state index in [-0.39, 0.29) is 37.5 Å². The number of carbonyl (C=O) groups is 7. The highest BCUT2D eigenvalue weighted by Gasteiger charge is 2.32. The SMILES string of the molecule is NCCCC[C@H](NC(=O)[C@H](CCCN=C(N)N)NC(=O)[C@H](CS)NC(=O)[C@H](CC(=O)O)NC(=O)[C@@H](N)CC(N)=O)C(=O)O. The minimum absolute atomic E-state index is 0.0355. The van der Waals surface area contributed by atoms with Crippen LogP contribution in [-0.2, 0) is 33.6 Å². The number of thiol groups is 1. The average Bonchev–Trinajstić information content (AvgIpc) is 2.91. The first-order valence-corrected chi connectivity index (χ1v) is 13.8. The van der Waals surface area contributed by atoms with Crippen molar-refractivity contribution in [2.45, 2.75) is 75.2 Å². The maximum atomic E-state index is 13.1. The van der Waals surface area contributed by atoms with Crippen molar-refractivity contribution in [1.82, 2.24) is 21.3 Å². The van der Waals surface area contributed by atoms with Crippen LogP contribution in [-0.4, -0.2) is 107 Å². The molecule has 0 bridgehead atoms. The first kappa shape index (κ1) is 38.8. The number of nitrogens with one attached hydrogen (secondary N) is 4. The number of nitrogens with zero attached hydrogens (tertiary/aromatic N) is 1. The number of rotatable bonds is 22. The van der Waals surface area contributed by atoms with Gasteiger partial charge in [-0.2, -0.15) is 12.6 Å². The normalized spacial score (nSPS) is 14.1. The molecule has 0 aliphatic carbocycles. The predicted molar refractivity (Wildman–Crippen MR) is 156 cm³/mol. The van der Waals surface area contributed by atoms with Crippen molar-refractivity contribution in [3.05, 3.63) is 0 Å². The molecule has 0 aromatic rings. The topological polar surface area (TPSA) is 351 Å². The Balaban J connectivity index is 5.73. The molecule has 16 N–H and O–H groups in total. The average molecular weight is 635 g/mol. The lowest BCUT2D eigenvalue weighted by Gasteiger charge is -2.25. The van der Waals surface area contributed by atoms with E-state index >= 15 is 0 Å². The number of guanidine groups is 1. The van der Waals surface area contributed by atoms with Gasteiger partial charge >= 0.3 is 11.9 Å². The zero-order chi connectivity index (χ0) is 33.1. The van der Waals surface area contributed by atoms with Crippen LogP contribution in [0.15, 0.2) is 4.99 Å². The smallest absolute Gasteiger partial charge is 0.326 e. The third-order valence-corrected chi connectivity index (χ3v) is 6.09. The first-order chi connectivity index (χ1) is 20.1. The van der Waals surface area contributed by atoms with Gasteiger partial charge in [0.1, 0.15) is 24.2 Å². The maximum Gasteiger partial charge on any atom is 0.326 e. The van der Waals surface area contributed by atoms with Gasteiger partial charge in [-0.05, 0) is 38.6 Å². The number of primary amides is 1. The molecule has 0 radical (unpaired) electrons. The van der Waals surface area contributed by atoms with Crippen LogP contribution in [0.5, 0.6) is 0 Å². The molecular weight excluding hydrogens is 592 g/mol. The number of aliphatic carboxylic acids is 2. The minimum Gasteiger partial charge on any atom is -0.481 e. The lowest BCUT2D eigenvalue weighted by atomic mass is 10.1. The fourth-order valence-electron chi connectivity index (χ4n) is 3.51. The van der Waals surface area contributed by atoms with Crippen molar-refractivity contribution in [1.29, 1.82) is 0 Å². The number of carboxylic acids is 2. The molecule has 0 aliphatic rings. The van der Waals surface area contributed by atoms with Crippen LogP contribution in [0.25, 0.3) is 0 Å². The van der Waals surface area contributed by atoms with Crippen molar-refractivity contribution in [2.24, 2.45) is 33.7 Å². The van der Waals surface area contributed by atoms with Crippen molar-refractivity contribution in [3.8, 4) is 0 Å². The van der Waals surface area contributed by atoms with E-state index in [4.69, 9.17) is 28.7 Å². The molecule has 0 rings (SSSR count). The summed E-state index contributed by atoms with van der Waals surface area (Å²) < 4.78 is 0. The van der Waals surface area contributed by atoms with E-state index in [0.29, 0.717) is 19.4 Å². The second-order valence-electron chi connectivity index (χ2n) is 9.37. The molecule has 5 atom stereocenters. The predicted octanol–water partition coefficient (Wildman–Crippen LogP) is -5.20. The zero-order valence-corrected chi connectivity index (χ0v) is 24.4. The molecule has 0 unspecified atom stereocenters. The third kappa shape index (κ3) is 16.8. The highest BCUT2D eigenvalue weighted by molar-refractivity contribution is 7.80. The van der Waals surface area contributed by atoms with E-state index in [0.717, 1.165) is 0 Å². The highest BCUT2D eigenvalue weighted by Crippen LogP contribution is 2.06. The van der Waals surface area contributed by atoms with E-state index in [1.807, 2.05) is 0 Å². The molecule has 0 fully saturated rings. The number of hydrogen-bond acceptors (Lipinski definition) is 11. The van der Waals surface area contributed by atoms with E-state index in [1.54, 1.807) is 0 Å². The molecule has 0 aromatic heterocycles. The van der Waals surface area contributed by atoms with Gasteiger partial charge in [0.25, 0.3) is 0 Å². The van der Waals surface area contributed by atoms with Crippen LogP contribution in [0.4, 0.5) is 0 Å². The Morgan fingerprint density at radius 3 is 1.72 bits per heavy atom. The van der Waals surface area contributed by atoms with Crippen LogP contribution in [0.2, 0.25) is 0 Å². The summed E-state index contributed by atoms with van der Waals surface area (Å²) >= 11 is 4.04. The van der Waals surface area contributed by atoms with E-state index in [9.17, 15) is 43.8 Å². The Hall–Kier alpha value is -4.17. The lowest BCUT2D eigenvalue weighted by Crippen LogP contribution is -2.59. The fraction of sp³-hybridized carbons (Fsp3) is 0.652. The third-order valence-electron chi connectivity index (χ3n) is 5.72. The largest absolute Gasteiger partial charge is 0.481 e. The van der Waals surface area contributed by atoms with Crippen LogP contribution in [0, 0.1) is 0 Å². The summed E-state index contributed by atoms with van der Waals surface area (Å²) in [5.41, 5.74) is 26.6. The van der Waals surface area contributed by atoms with Gasteiger partial charge in [0.05, 0.1) is 18.9 Å². The minimum atomic E-state index is -1.71. The second kappa shape index (κ2) is 20.7. The van der Waals surface area contributed by atoms with Crippen molar-refractivity contribution in [2.75, 3.05) is 18.8 Å². The Morgan fingerprint density at radius 2 is 1.21 bits per heavy atom. The Morgan fingerprint density at radius 1 is 0.698 bits per heavy atom. The quantitative estimate of drug-likeness (QED) is 0.0229. The first-order valence-electron chi connectivity index (χ1n) is 13.2. The lowest BCUT2D eigenvalue weighted by molar-refractivity contribution is -0.142. The van der Waals surface area contributed by atoms with E-state index in [1.165, 1.54) is 0 Å². The van der Waals surface area contributed by atoms with Crippen molar-refractivity contribution < 1.29 is 43.8 Å². The summed E-state index contributed by atoms with van der Waals surface area (Å²) in [6.07, 6.45) is -0.284. The van der Waals surface area contributed by atoms with Gasteiger partial charge in [-0.15, -0.1) is 0 Å². The van der Waals surface area contributed by atoms with Crippen LogP contribution < -0.4 is 49.9 Å². The van der Waals surface area contributed by atoms with E-state index < -0.39 is 84.5 Å². The number of hydrogen-bond donors (Lipinski definition) is 12. The van der Waals surface area contributed by atoms with Crippen LogP contribution in [0.1, 0.15) is 44.9 Å². The van der Waals surface area contributed by atoms with Gasteiger partial charge in [-0.1, -0.05) is 0 Å². The Labute approximate surface area is 252 Å². The van der Waals surface area contributed by atoms with Gasteiger partial charge in [-0.25, -0.2) is 4.79 Å². The molecule has 19 nitrogen and oxygen atoms in total. The van der Waals surface area contributed by atoms with Crippen molar-refractivity contribution in [3.63, 3.8) is 0 Å². The summed E-state index contributed by atoms with van der Waals surface area (Å²) in [7, 11) is 0. The zero-order valence-electron chi connectivity index (χ0n) is 23.5. The summed E-state index contributed by atoms with van der Waals surface area (Å²) in [4.78, 5) is 88.9. The maximum absolute atomic E-state index is 13.1. The monoisotopic (exact) mass is 634 g/mol. The van der Waals surface area contributed by atoms with Crippen LogP contribution >= 0.6 is 12.6 Å². The molecule has 0 spiro atoms. The number of carboxylic acid groups (broad SMARTS) is 2. The van der Waals surface area contributed by atoms with Gasteiger partial charge in [0.2, 0.25) is 29.5 Å². The molecule has 0 aromatic carbocycles. The fourth-order valence-corrected chi connectivity index (χ4v) is 3.76. The molecule has 0 saturated heterocycles. The Bertz CT molecular complexity index is 1030. The molecule has 43 heavy (non-hydrogen) atoms. The summed E-state index contributed by atoms with van der Waals surface area (Å²) in [6, 6.07) is -7.16. The van der Waals surface area contributed by atoms with E-state index in [2.05, 4.69) is 38.9 Å². The van der Waals surface area contributed by atoms with Gasteiger partial charge in [0.15, 0.2) is 5.96 Å². The number of unbranched alkanes of at least 4 members (excludes halogenated alkanes) is 1. The number of amides is 5. The molecule has 0 saturated carbocycles. The molecule has 244 valence electrons. The van der Waals surface area contributed by atoms with Crippen LogP contribution in [0.3, 0.4) is 0 Å². The molecular formula is C23H42N10O9S. The number of aliphatic imine (C=N–C) groups is 1. The van der Waals surface area contributed by atoms with Gasteiger partial charge in [0, 0.05) is 12.3 Å². The summed E-state index contributed by atoms with van der Waals surface area (Å²) in [5, 5.41) is 27.8. The van der Waals surface area contributed by atoms with Gasteiger partial charge < -0.3 is 60.1 Å². The Kier molecular flexibility index (Phi) is 18.7. The molecule has 5 amide bonds. The molecule has 0 heterocycles. The molecule has 20 heteroatoms. The summed E-state index contributed by atoms with van der Waals surface area (Å²) in [5.74, 6) is -8.10. The van der Waals surface area contributed by atoms with Crippen molar-refractivity contribution >= 4 is 60.1 Å².